The second-order valence-electron chi connectivity index (χ2n) is 3.09. The van der Waals surface area contributed by atoms with Gasteiger partial charge in [0.2, 0.25) is 0 Å². The zero-order chi connectivity index (χ0) is 10.1. The normalized spacial score (nSPS) is 10.7. The van der Waals surface area contributed by atoms with Crippen LogP contribution < -0.4 is 5.73 Å². The molecule has 0 saturated heterocycles. The van der Waals surface area contributed by atoms with Gasteiger partial charge in [-0.1, -0.05) is 6.92 Å². The van der Waals surface area contributed by atoms with E-state index in [1.165, 1.54) is 0 Å². The molecule has 0 amide bonds. The fourth-order valence-electron chi connectivity index (χ4n) is 1.36. The zero-order valence-corrected chi connectivity index (χ0v) is 8.20. The summed E-state index contributed by atoms with van der Waals surface area (Å²) in [6.07, 6.45) is 0.774. The molecule has 4 nitrogen and oxygen atoms in total. The molecule has 0 bridgehead atoms. The van der Waals surface area contributed by atoms with Gasteiger partial charge in [0.25, 0.3) is 6.01 Å². The van der Waals surface area contributed by atoms with Gasteiger partial charge in [-0.05, 0) is 25.5 Å². The Bertz CT molecular complexity index is 443. The maximum Gasteiger partial charge on any atom is 0.292 e. The number of oxazole rings is 1. The largest absolute Gasteiger partial charge is 0.458 e. The van der Waals surface area contributed by atoms with Crippen molar-refractivity contribution in [3.05, 3.63) is 23.6 Å². The Kier molecular flexibility index (Phi) is 2.04. The van der Waals surface area contributed by atoms with Crippen LogP contribution in [0.1, 0.15) is 18.4 Å². The van der Waals surface area contributed by atoms with E-state index in [4.69, 9.17) is 14.6 Å². The first-order valence-corrected chi connectivity index (χ1v) is 4.52. The van der Waals surface area contributed by atoms with E-state index in [9.17, 15) is 0 Å². The molecule has 4 heteroatoms. The van der Waals surface area contributed by atoms with Crippen LogP contribution in [0.15, 0.2) is 21.0 Å². The smallest absolute Gasteiger partial charge is 0.292 e. The molecule has 0 spiro atoms. The lowest BCUT2D eigenvalue weighted by atomic mass is 10.2. The highest BCUT2D eigenvalue weighted by atomic mass is 16.4. The van der Waals surface area contributed by atoms with Crippen molar-refractivity contribution in [1.29, 1.82) is 0 Å². The average molecular weight is 192 g/mol. The van der Waals surface area contributed by atoms with Gasteiger partial charge in [0.1, 0.15) is 5.76 Å². The fraction of sp³-hybridized carbons (Fsp3) is 0.300. The molecule has 0 atom stereocenters. The van der Waals surface area contributed by atoms with Crippen molar-refractivity contribution in [2.45, 2.75) is 20.3 Å². The maximum atomic E-state index is 5.48. The molecule has 0 saturated carbocycles. The van der Waals surface area contributed by atoms with Crippen molar-refractivity contribution in [3.63, 3.8) is 0 Å². The molecule has 0 fully saturated rings. The highest BCUT2D eigenvalue weighted by molar-refractivity contribution is 5.55. The Morgan fingerprint density at radius 3 is 2.71 bits per heavy atom. The first kappa shape index (κ1) is 8.87. The summed E-state index contributed by atoms with van der Waals surface area (Å²) in [5.41, 5.74) is 6.31. The van der Waals surface area contributed by atoms with Crippen LogP contribution in [-0.2, 0) is 6.42 Å². The van der Waals surface area contributed by atoms with E-state index in [0.717, 1.165) is 17.9 Å². The quantitative estimate of drug-likeness (QED) is 0.793. The van der Waals surface area contributed by atoms with Gasteiger partial charge >= 0.3 is 0 Å². The van der Waals surface area contributed by atoms with Gasteiger partial charge in [0.15, 0.2) is 11.5 Å². The monoisotopic (exact) mass is 192 g/mol. The molecule has 0 unspecified atom stereocenters. The SMILES string of the molecule is CCc1nc(N)oc1-c1ccc(C)o1. The molecular weight excluding hydrogens is 180 g/mol. The second-order valence-corrected chi connectivity index (χ2v) is 3.09. The number of rotatable bonds is 2. The molecule has 74 valence electrons. The first-order chi connectivity index (χ1) is 6.70. The lowest BCUT2D eigenvalue weighted by Gasteiger charge is -1.92. The number of nitrogen functional groups attached to an aromatic ring is 1. The van der Waals surface area contributed by atoms with E-state index < -0.39 is 0 Å². The summed E-state index contributed by atoms with van der Waals surface area (Å²) >= 11 is 0. The summed E-state index contributed by atoms with van der Waals surface area (Å²) in [5.74, 6) is 2.17. The van der Waals surface area contributed by atoms with Gasteiger partial charge in [-0.3, -0.25) is 0 Å². The molecule has 0 aromatic carbocycles. The predicted octanol–water partition coefficient (Wildman–Crippen LogP) is 2.39. The lowest BCUT2D eigenvalue weighted by Crippen LogP contribution is -1.85. The maximum absolute atomic E-state index is 5.48. The summed E-state index contributed by atoms with van der Waals surface area (Å²) in [6.45, 7) is 3.88. The van der Waals surface area contributed by atoms with Gasteiger partial charge < -0.3 is 14.6 Å². The van der Waals surface area contributed by atoms with E-state index in [1.54, 1.807) is 0 Å². The molecule has 0 aliphatic rings. The van der Waals surface area contributed by atoms with Gasteiger partial charge in [-0.2, -0.15) is 4.98 Å². The van der Waals surface area contributed by atoms with Gasteiger partial charge in [-0.25, -0.2) is 0 Å². The molecule has 2 heterocycles. The van der Waals surface area contributed by atoms with Gasteiger partial charge in [0, 0.05) is 0 Å². The molecule has 2 aromatic heterocycles. The third-order valence-electron chi connectivity index (χ3n) is 2.01. The Morgan fingerprint density at radius 1 is 1.36 bits per heavy atom. The van der Waals surface area contributed by atoms with Crippen molar-refractivity contribution in [3.8, 4) is 11.5 Å². The number of aryl methyl sites for hydroxylation is 2. The van der Waals surface area contributed by atoms with Crippen molar-refractivity contribution in [2.75, 3.05) is 5.73 Å². The van der Waals surface area contributed by atoms with E-state index in [0.29, 0.717) is 11.5 Å². The highest BCUT2D eigenvalue weighted by Gasteiger charge is 2.14. The minimum absolute atomic E-state index is 0.186. The standard InChI is InChI=1S/C10H12N2O2/c1-3-7-9(14-10(11)12-7)8-5-4-6(2)13-8/h4-5H,3H2,1-2H3,(H2,11,12). The molecular formula is C10H12N2O2. The second kappa shape index (κ2) is 3.21. The Morgan fingerprint density at radius 2 is 2.14 bits per heavy atom. The number of hydrogen-bond acceptors (Lipinski definition) is 4. The third kappa shape index (κ3) is 1.39. The lowest BCUT2D eigenvalue weighted by molar-refractivity contribution is 0.511. The average Bonchev–Trinajstić information content (AvgIpc) is 2.71. The summed E-state index contributed by atoms with van der Waals surface area (Å²) in [6, 6.07) is 3.92. The highest BCUT2D eigenvalue weighted by Crippen LogP contribution is 2.27. The van der Waals surface area contributed by atoms with Gasteiger partial charge in [-0.15, -0.1) is 0 Å². The number of nitrogens with two attached hydrogens (primary N) is 1. The summed E-state index contributed by atoms with van der Waals surface area (Å²) < 4.78 is 10.7. The predicted molar refractivity (Wildman–Crippen MR) is 52.7 cm³/mol. The summed E-state index contributed by atoms with van der Waals surface area (Å²) in [7, 11) is 0. The molecule has 14 heavy (non-hydrogen) atoms. The number of nitrogens with zero attached hydrogens (tertiary/aromatic N) is 1. The van der Waals surface area contributed by atoms with Crippen molar-refractivity contribution < 1.29 is 8.83 Å². The van der Waals surface area contributed by atoms with E-state index in [-0.39, 0.29) is 6.01 Å². The van der Waals surface area contributed by atoms with Crippen LogP contribution in [0, 0.1) is 6.92 Å². The van der Waals surface area contributed by atoms with E-state index >= 15 is 0 Å². The number of anilines is 1. The van der Waals surface area contributed by atoms with Crippen molar-refractivity contribution in [2.24, 2.45) is 0 Å². The molecule has 0 aliphatic heterocycles. The number of aromatic nitrogens is 1. The fourth-order valence-corrected chi connectivity index (χ4v) is 1.36. The zero-order valence-electron chi connectivity index (χ0n) is 8.20. The molecule has 2 aromatic rings. The van der Waals surface area contributed by atoms with Gasteiger partial charge in [0.05, 0.1) is 5.69 Å². The number of hydrogen-bond donors (Lipinski definition) is 1. The third-order valence-corrected chi connectivity index (χ3v) is 2.01. The van der Waals surface area contributed by atoms with E-state index in [2.05, 4.69) is 4.98 Å². The van der Waals surface area contributed by atoms with Crippen molar-refractivity contribution >= 4 is 6.01 Å². The topological polar surface area (TPSA) is 65.2 Å². The Balaban J connectivity index is 2.49. The molecule has 0 radical (unpaired) electrons. The van der Waals surface area contributed by atoms with Crippen LogP contribution in [0.25, 0.3) is 11.5 Å². The summed E-state index contributed by atoms with van der Waals surface area (Å²) in [5, 5.41) is 0. The van der Waals surface area contributed by atoms with Crippen LogP contribution in [0.4, 0.5) is 6.01 Å². The van der Waals surface area contributed by atoms with Crippen molar-refractivity contribution in [1.82, 2.24) is 4.98 Å². The Labute approximate surface area is 81.7 Å². The minimum atomic E-state index is 0.186. The molecule has 2 N–H and O–H groups in total. The first-order valence-electron chi connectivity index (χ1n) is 4.52. The summed E-state index contributed by atoms with van der Waals surface area (Å²) in [4.78, 5) is 4.07. The van der Waals surface area contributed by atoms with Crippen LogP contribution >= 0.6 is 0 Å². The van der Waals surface area contributed by atoms with Crippen LogP contribution in [-0.4, -0.2) is 4.98 Å². The number of furan rings is 1. The molecule has 0 aliphatic carbocycles. The van der Waals surface area contributed by atoms with E-state index in [1.807, 2.05) is 26.0 Å². The Hall–Kier alpha value is -1.71. The van der Waals surface area contributed by atoms with Crippen LogP contribution in [0.3, 0.4) is 0 Å². The minimum Gasteiger partial charge on any atom is -0.458 e. The molecule has 2 rings (SSSR count). The van der Waals surface area contributed by atoms with Crippen LogP contribution in [0.5, 0.6) is 0 Å². The van der Waals surface area contributed by atoms with Crippen LogP contribution in [0.2, 0.25) is 0 Å².